The van der Waals surface area contributed by atoms with Crippen LogP contribution in [0.4, 0.5) is 5.69 Å². The number of amides is 1. The van der Waals surface area contributed by atoms with Gasteiger partial charge in [0, 0.05) is 24.0 Å². The van der Waals surface area contributed by atoms with E-state index >= 15 is 0 Å². The molecule has 3 N–H and O–H groups in total. The SMILES string of the molecule is Cc1[nH]c(=O)c(C#N)c(C)c1CCC(=O)Nc1ccc2nc(-c3ccccn3)[nH]c2c1. The number of benzene rings is 1. The van der Waals surface area contributed by atoms with Gasteiger partial charge in [0.05, 0.1) is 11.0 Å². The zero-order chi connectivity index (χ0) is 22.0. The summed E-state index contributed by atoms with van der Waals surface area (Å²) in [4.78, 5) is 39.1. The normalized spacial score (nSPS) is 10.7. The maximum absolute atomic E-state index is 12.5. The number of hydrogen-bond donors (Lipinski definition) is 3. The Kier molecular flexibility index (Phi) is 5.33. The molecule has 3 heterocycles. The van der Waals surface area contributed by atoms with Gasteiger partial charge in [0.2, 0.25) is 5.91 Å². The molecule has 3 aromatic heterocycles. The number of hydrogen-bond acceptors (Lipinski definition) is 5. The molecule has 0 aliphatic heterocycles. The highest BCUT2D eigenvalue weighted by molar-refractivity contribution is 5.93. The lowest BCUT2D eigenvalue weighted by molar-refractivity contribution is -0.116. The standard InChI is InChI=1S/C23H20N6O2/c1-13-16(14(2)26-23(31)17(13)12-24)7-9-21(30)27-15-6-8-18-20(11-15)29-22(28-18)19-5-3-4-10-25-19/h3-6,8,10-11H,7,9H2,1-2H3,(H,26,31)(H,27,30)(H,28,29). The zero-order valence-electron chi connectivity index (χ0n) is 17.1. The first-order valence-corrected chi connectivity index (χ1v) is 9.79. The van der Waals surface area contributed by atoms with Crippen molar-refractivity contribution in [2.75, 3.05) is 5.32 Å². The number of aromatic nitrogens is 4. The summed E-state index contributed by atoms with van der Waals surface area (Å²) in [6.07, 6.45) is 2.35. The fraction of sp³-hybridized carbons (Fsp3) is 0.174. The highest BCUT2D eigenvalue weighted by Gasteiger charge is 2.14. The topological polar surface area (TPSA) is 127 Å². The van der Waals surface area contributed by atoms with Crippen LogP contribution >= 0.6 is 0 Å². The number of nitrogens with one attached hydrogen (secondary N) is 3. The maximum Gasteiger partial charge on any atom is 0.266 e. The number of imidazole rings is 1. The van der Waals surface area contributed by atoms with Crippen LogP contribution in [-0.2, 0) is 11.2 Å². The lowest BCUT2D eigenvalue weighted by Crippen LogP contribution is -2.18. The van der Waals surface area contributed by atoms with Gasteiger partial charge in [-0.2, -0.15) is 5.26 Å². The molecule has 8 nitrogen and oxygen atoms in total. The Morgan fingerprint density at radius 3 is 2.77 bits per heavy atom. The third kappa shape index (κ3) is 4.07. The summed E-state index contributed by atoms with van der Waals surface area (Å²) in [6.45, 7) is 3.51. The van der Waals surface area contributed by atoms with E-state index in [1.807, 2.05) is 36.4 Å². The van der Waals surface area contributed by atoms with Crippen LogP contribution < -0.4 is 10.9 Å². The quantitative estimate of drug-likeness (QED) is 0.463. The molecule has 0 saturated heterocycles. The summed E-state index contributed by atoms with van der Waals surface area (Å²) in [6, 6.07) is 13.0. The Morgan fingerprint density at radius 1 is 1.19 bits per heavy atom. The highest BCUT2D eigenvalue weighted by atomic mass is 16.1. The van der Waals surface area contributed by atoms with Gasteiger partial charge >= 0.3 is 0 Å². The molecule has 8 heteroatoms. The summed E-state index contributed by atoms with van der Waals surface area (Å²) < 4.78 is 0. The van der Waals surface area contributed by atoms with Crippen molar-refractivity contribution in [2.24, 2.45) is 0 Å². The van der Waals surface area contributed by atoms with Gasteiger partial charge in [-0.25, -0.2) is 4.98 Å². The Morgan fingerprint density at radius 2 is 2.03 bits per heavy atom. The molecule has 0 bridgehead atoms. The van der Waals surface area contributed by atoms with Crippen molar-refractivity contribution in [1.29, 1.82) is 5.26 Å². The number of carbonyl (C=O) groups is 1. The summed E-state index contributed by atoms with van der Waals surface area (Å²) >= 11 is 0. The van der Waals surface area contributed by atoms with E-state index < -0.39 is 5.56 Å². The number of nitriles is 1. The lowest BCUT2D eigenvalue weighted by atomic mass is 9.99. The molecule has 0 aliphatic rings. The number of aryl methyl sites for hydroxylation is 1. The molecule has 1 aromatic carbocycles. The average molecular weight is 412 g/mol. The minimum atomic E-state index is -0.399. The van der Waals surface area contributed by atoms with Gasteiger partial charge in [-0.3, -0.25) is 14.6 Å². The summed E-state index contributed by atoms with van der Waals surface area (Å²) in [5.41, 5.74) is 4.78. The Balaban J connectivity index is 1.48. The number of rotatable bonds is 5. The number of pyridine rings is 2. The van der Waals surface area contributed by atoms with Crippen molar-refractivity contribution in [2.45, 2.75) is 26.7 Å². The van der Waals surface area contributed by atoms with E-state index in [0.717, 1.165) is 22.3 Å². The van der Waals surface area contributed by atoms with Crippen molar-refractivity contribution < 1.29 is 4.79 Å². The first-order valence-electron chi connectivity index (χ1n) is 9.79. The van der Waals surface area contributed by atoms with E-state index in [9.17, 15) is 14.9 Å². The van der Waals surface area contributed by atoms with E-state index in [-0.39, 0.29) is 17.9 Å². The van der Waals surface area contributed by atoms with Crippen LogP contribution in [0.3, 0.4) is 0 Å². The predicted molar refractivity (Wildman–Crippen MR) is 118 cm³/mol. The second kappa shape index (κ2) is 8.24. The molecule has 154 valence electrons. The van der Waals surface area contributed by atoms with Crippen LogP contribution in [-0.4, -0.2) is 25.8 Å². The second-order valence-corrected chi connectivity index (χ2v) is 7.25. The maximum atomic E-state index is 12.5. The number of anilines is 1. The molecule has 0 fully saturated rings. The minimum absolute atomic E-state index is 0.0921. The molecule has 0 unspecified atom stereocenters. The van der Waals surface area contributed by atoms with Crippen LogP contribution in [0.15, 0.2) is 47.4 Å². The first-order chi connectivity index (χ1) is 15.0. The van der Waals surface area contributed by atoms with Gasteiger partial charge in [-0.05, 0) is 61.7 Å². The molecular formula is C23H20N6O2. The molecule has 0 atom stereocenters. The smallest absolute Gasteiger partial charge is 0.266 e. The lowest BCUT2D eigenvalue weighted by Gasteiger charge is -2.11. The molecule has 4 rings (SSSR count). The molecule has 31 heavy (non-hydrogen) atoms. The fourth-order valence-electron chi connectivity index (χ4n) is 3.59. The number of aromatic amines is 2. The van der Waals surface area contributed by atoms with Gasteiger partial charge < -0.3 is 15.3 Å². The first kappa shape index (κ1) is 20.0. The van der Waals surface area contributed by atoms with Crippen LogP contribution in [0.2, 0.25) is 0 Å². The number of carbonyl (C=O) groups excluding carboxylic acids is 1. The van der Waals surface area contributed by atoms with Gasteiger partial charge in [0.25, 0.3) is 5.56 Å². The summed E-state index contributed by atoms with van der Waals surface area (Å²) in [5.74, 6) is 0.503. The average Bonchev–Trinajstić information content (AvgIpc) is 3.18. The largest absolute Gasteiger partial charge is 0.337 e. The van der Waals surface area contributed by atoms with Crippen LogP contribution in [0, 0.1) is 25.2 Å². The monoisotopic (exact) mass is 412 g/mol. The molecule has 0 saturated carbocycles. The Bertz CT molecular complexity index is 1380. The summed E-state index contributed by atoms with van der Waals surface area (Å²) in [5, 5.41) is 12.1. The highest BCUT2D eigenvalue weighted by Crippen LogP contribution is 2.22. The molecule has 0 radical (unpaired) electrons. The van der Waals surface area contributed by atoms with Crippen LogP contribution in [0.1, 0.15) is 28.8 Å². The summed E-state index contributed by atoms with van der Waals surface area (Å²) in [7, 11) is 0. The molecule has 4 aromatic rings. The fourth-order valence-corrected chi connectivity index (χ4v) is 3.59. The molecule has 0 spiro atoms. The van der Waals surface area contributed by atoms with Crippen molar-refractivity contribution in [3.63, 3.8) is 0 Å². The van der Waals surface area contributed by atoms with E-state index in [0.29, 0.717) is 29.2 Å². The van der Waals surface area contributed by atoms with Crippen LogP contribution in [0.5, 0.6) is 0 Å². The Hall–Kier alpha value is -4.25. The number of H-pyrrole nitrogens is 2. The van der Waals surface area contributed by atoms with E-state index in [1.165, 1.54) is 0 Å². The van der Waals surface area contributed by atoms with Gasteiger partial charge in [0.15, 0.2) is 5.82 Å². The molecule has 0 aliphatic carbocycles. The van der Waals surface area contributed by atoms with Gasteiger partial charge in [-0.15, -0.1) is 0 Å². The van der Waals surface area contributed by atoms with Gasteiger partial charge in [-0.1, -0.05) is 6.07 Å². The minimum Gasteiger partial charge on any atom is -0.337 e. The van der Waals surface area contributed by atoms with E-state index in [1.54, 1.807) is 26.1 Å². The zero-order valence-corrected chi connectivity index (χ0v) is 17.1. The van der Waals surface area contributed by atoms with E-state index in [2.05, 4.69) is 25.3 Å². The Labute approximate surface area is 178 Å². The van der Waals surface area contributed by atoms with Crippen molar-refractivity contribution >= 4 is 22.6 Å². The third-order valence-corrected chi connectivity index (χ3v) is 5.20. The van der Waals surface area contributed by atoms with E-state index in [4.69, 9.17) is 0 Å². The van der Waals surface area contributed by atoms with Gasteiger partial charge in [0.1, 0.15) is 17.3 Å². The number of nitrogens with zero attached hydrogens (tertiary/aromatic N) is 3. The predicted octanol–water partition coefficient (Wildman–Crippen LogP) is 3.37. The second-order valence-electron chi connectivity index (χ2n) is 7.25. The third-order valence-electron chi connectivity index (χ3n) is 5.20. The van der Waals surface area contributed by atoms with Crippen molar-refractivity contribution in [3.05, 3.63) is 75.3 Å². The number of fused-ring (bicyclic) bond motifs is 1. The molecular weight excluding hydrogens is 392 g/mol. The van der Waals surface area contributed by atoms with Crippen molar-refractivity contribution in [3.8, 4) is 17.6 Å². The molecule has 1 amide bonds. The van der Waals surface area contributed by atoms with Crippen molar-refractivity contribution in [1.82, 2.24) is 19.9 Å². The van der Waals surface area contributed by atoms with Crippen LogP contribution in [0.25, 0.3) is 22.6 Å².